The summed E-state index contributed by atoms with van der Waals surface area (Å²) in [6, 6.07) is 1.07. The molecule has 0 bridgehead atoms. The average molecular weight is 499 g/mol. The predicted molar refractivity (Wildman–Crippen MR) is 137 cm³/mol. The lowest BCUT2D eigenvalue weighted by molar-refractivity contribution is 0.00791. The Hall–Kier alpha value is -2.34. The van der Waals surface area contributed by atoms with Crippen molar-refractivity contribution >= 4 is 39.2 Å². The number of ether oxygens (including phenoxy) is 2. The highest BCUT2D eigenvalue weighted by molar-refractivity contribution is 7.13. The minimum absolute atomic E-state index is 0.399. The molecule has 1 aliphatic carbocycles. The second-order valence-corrected chi connectivity index (χ2v) is 10.6. The topological polar surface area (TPSA) is 102 Å². The smallest absolute Gasteiger partial charge is 0.230 e. The van der Waals surface area contributed by atoms with Gasteiger partial charge in [-0.2, -0.15) is 19.4 Å². The van der Waals surface area contributed by atoms with Gasteiger partial charge in [0.05, 0.1) is 36.2 Å². The van der Waals surface area contributed by atoms with Gasteiger partial charge in [-0.05, 0) is 50.1 Å². The number of morpholine rings is 1. The minimum atomic E-state index is 0.399. The Morgan fingerprint density at radius 3 is 2.49 bits per heavy atom. The van der Waals surface area contributed by atoms with E-state index >= 15 is 0 Å². The number of nitrogens with one attached hydrogen (secondary N) is 2. The van der Waals surface area contributed by atoms with Crippen LogP contribution in [0.3, 0.4) is 0 Å². The van der Waals surface area contributed by atoms with Crippen LogP contribution in [0.1, 0.15) is 50.1 Å². The van der Waals surface area contributed by atoms with Crippen LogP contribution in [-0.4, -0.2) is 80.6 Å². The van der Waals surface area contributed by atoms with Gasteiger partial charge in [0.1, 0.15) is 5.82 Å². The maximum atomic E-state index is 5.61. The van der Waals surface area contributed by atoms with Crippen LogP contribution in [0, 0.1) is 0 Å². The molecule has 5 heterocycles. The average Bonchev–Trinajstić information content (AvgIpc) is 3.51. The van der Waals surface area contributed by atoms with E-state index in [2.05, 4.69) is 20.6 Å². The number of rotatable bonds is 6. The molecule has 3 aromatic heterocycles. The predicted octanol–water partition coefficient (Wildman–Crippen LogP) is 3.51. The second kappa shape index (κ2) is 10.3. The minimum Gasteiger partial charge on any atom is -0.381 e. The molecular weight excluding hydrogens is 464 g/mol. The molecule has 188 valence electrons. The van der Waals surface area contributed by atoms with E-state index in [-0.39, 0.29) is 0 Å². The van der Waals surface area contributed by atoms with Crippen molar-refractivity contribution in [3.8, 4) is 0 Å². The van der Waals surface area contributed by atoms with Crippen molar-refractivity contribution in [2.45, 2.75) is 56.5 Å². The van der Waals surface area contributed by atoms with Gasteiger partial charge < -0.3 is 20.1 Å². The molecule has 0 unspecified atom stereocenters. The maximum absolute atomic E-state index is 5.61. The van der Waals surface area contributed by atoms with Crippen molar-refractivity contribution in [1.82, 2.24) is 29.0 Å². The molecular formula is C24H34N8O2S. The first kappa shape index (κ1) is 23.1. The molecule has 0 spiro atoms. The number of hydrogen-bond acceptors (Lipinski definition) is 10. The third-order valence-electron chi connectivity index (χ3n) is 7.53. The number of aromatic nitrogens is 5. The molecule has 2 N–H and O–H groups in total. The molecule has 35 heavy (non-hydrogen) atoms. The van der Waals surface area contributed by atoms with E-state index in [4.69, 9.17) is 23.8 Å². The van der Waals surface area contributed by atoms with Gasteiger partial charge in [-0.15, -0.1) is 0 Å². The third-order valence-corrected chi connectivity index (χ3v) is 8.29. The number of anilines is 3. The Morgan fingerprint density at radius 1 is 0.971 bits per heavy atom. The molecule has 3 aliphatic rings. The largest absolute Gasteiger partial charge is 0.381 e. The van der Waals surface area contributed by atoms with Crippen LogP contribution in [0.5, 0.6) is 0 Å². The highest BCUT2D eigenvalue weighted by atomic mass is 32.1. The van der Waals surface area contributed by atoms with E-state index in [1.165, 1.54) is 24.4 Å². The fourth-order valence-corrected chi connectivity index (χ4v) is 6.47. The Bertz CT molecular complexity index is 1130. The van der Waals surface area contributed by atoms with Gasteiger partial charge in [0.15, 0.2) is 4.83 Å². The molecule has 3 fully saturated rings. The maximum Gasteiger partial charge on any atom is 0.230 e. The molecule has 2 saturated heterocycles. The fourth-order valence-electron chi connectivity index (χ4n) is 5.62. The molecule has 11 heteroatoms. The second-order valence-electron chi connectivity index (χ2n) is 9.86. The molecule has 10 nitrogen and oxygen atoms in total. The lowest BCUT2D eigenvalue weighted by Gasteiger charge is -2.39. The van der Waals surface area contributed by atoms with Crippen molar-refractivity contribution < 1.29 is 9.47 Å². The molecule has 0 amide bonds. The Kier molecular flexibility index (Phi) is 6.82. The van der Waals surface area contributed by atoms with Gasteiger partial charge in [-0.3, -0.25) is 9.58 Å². The van der Waals surface area contributed by atoms with Crippen molar-refractivity contribution in [2.75, 3.05) is 50.2 Å². The summed E-state index contributed by atoms with van der Waals surface area (Å²) >= 11 is 1.47. The van der Waals surface area contributed by atoms with Crippen LogP contribution in [-0.2, 0) is 16.5 Å². The van der Waals surface area contributed by atoms with Gasteiger partial charge in [0, 0.05) is 57.5 Å². The lowest BCUT2D eigenvalue weighted by atomic mass is 9.89. The summed E-state index contributed by atoms with van der Waals surface area (Å²) in [5.74, 6) is 1.89. The van der Waals surface area contributed by atoms with E-state index < -0.39 is 0 Å². The summed E-state index contributed by atoms with van der Waals surface area (Å²) in [5, 5.41) is 12.5. The number of hydrogen-bond donors (Lipinski definition) is 2. The normalized spacial score (nSPS) is 24.6. The summed E-state index contributed by atoms with van der Waals surface area (Å²) in [5.41, 5.74) is 2.00. The Morgan fingerprint density at radius 2 is 1.74 bits per heavy atom. The van der Waals surface area contributed by atoms with E-state index in [1.807, 2.05) is 13.2 Å². The standard InChI is InChI=1S/C24H34N8O2S/c1-31-15-18(14-25-31)27-24-28-22(20-21(30-35-23(20)29-24)16-6-10-33-11-7-16)26-17-2-4-19(5-3-17)32-8-12-34-13-9-32/h14-17,19H,2-13H2,1H3,(H2,26,27,28,29). The van der Waals surface area contributed by atoms with E-state index in [1.54, 1.807) is 10.9 Å². The monoisotopic (exact) mass is 498 g/mol. The highest BCUT2D eigenvalue weighted by Gasteiger charge is 2.29. The molecule has 0 atom stereocenters. The van der Waals surface area contributed by atoms with Crippen LogP contribution >= 0.6 is 11.5 Å². The lowest BCUT2D eigenvalue weighted by Crippen LogP contribution is -2.46. The zero-order valence-corrected chi connectivity index (χ0v) is 21.1. The highest BCUT2D eigenvalue weighted by Crippen LogP contribution is 2.38. The summed E-state index contributed by atoms with van der Waals surface area (Å²) in [6.45, 7) is 5.44. The van der Waals surface area contributed by atoms with Gasteiger partial charge in [0.2, 0.25) is 5.95 Å². The van der Waals surface area contributed by atoms with Gasteiger partial charge in [-0.25, -0.2) is 0 Å². The Labute approximate surface area is 209 Å². The van der Waals surface area contributed by atoms with Crippen molar-refractivity contribution in [1.29, 1.82) is 0 Å². The first-order chi connectivity index (χ1) is 17.2. The molecule has 0 aromatic carbocycles. The third kappa shape index (κ3) is 5.13. The SMILES string of the molecule is Cn1cc(Nc2nc(NC3CCC(N4CCOCC4)CC3)c3c(C4CCOCC4)nsc3n2)cn1. The molecule has 0 radical (unpaired) electrons. The first-order valence-electron chi connectivity index (χ1n) is 12.8. The number of nitrogens with zero attached hydrogens (tertiary/aromatic N) is 6. The zero-order valence-electron chi connectivity index (χ0n) is 20.3. The number of aryl methyl sites for hydroxylation is 1. The summed E-state index contributed by atoms with van der Waals surface area (Å²) in [6.07, 6.45) is 10.4. The summed E-state index contributed by atoms with van der Waals surface area (Å²) in [7, 11) is 1.90. The fraction of sp³-hybridized carbons (Fsp3) is 0.667. The Balaban J connectivity index is 1.25. The van der Waals surface area contributed by atoms with Crippen LogP contribution < -0.4 is 10.6 Å². The molecule has 3 aromatic rings. The molecule has 1 saturated carbocycles. The first-order valence-corrected chi connectivity index (χ1v) is 13.6. The zero-order chi connectivity index (χ0) is 23.6. The van der Waals surface area contributed by atoms with Crippen LogP contribution in [0.25, 0.3) is 10.2 Å². The van der Waals surface area contributed by atoms with Crippen LogP contribution in [0.2, 0.25) is 0 Å². The van der Waals surface area contributed by atoms with Crippen LogP contribution in [0.15, 0.2) is 12.4 Å². The van der Waals surface area contributed by atoms with Crippen molar-refractivity contribution in [3.63, 3.8) is 0 Å². The van der Waals surface area contributed by atoms with Gasteiger partial charge in [0.25, 0.3) is 0 Å². The van der Waals surface area contributed by atoms with Crippen molar-refractivity contribution in [2.24, 2.45) is 7.05 Å². The number of fused-ring (bicyclic) bond motifs is 1. The van der Waals surface area contributed by atoms with Gasteiger partial charge in [-0.1, -0.05) is 0 Å². The van der Waals surface area contributed by atoms with Crippen LogP contribution in [0.4, 0.5) is 17.5 Å². The molecule has 2 aliphatic heterocycles. The van der Waals surface area contributed by atoms with Crippen molar-refractivity contribution in [3.05, 3.63) is 18.1 Å². The van der Waals surface area contributed by atoms with E-state index in [0.717, 1.165) is 92.6 Å². The molecule has 6 rings (SSSR count). The summed E-state index contributed by atoms with van der Waals surface area (Å²) in [4.78, 5) is 13.3. The van der Waals surface area contributed by atoms with E-state index in [9.17, 15) is 0 Å². The quantitative estimate of drug-likeness (QED) is 0.528. The van der Waals surface area contributed by atoms with E-state index in [0.29, 0.717) is 23.9 Å². The summed E-state index contributed by atoms with van der Waals surface area (Å²) < 4.78 is 17.8. The van der Waals surface area contributed by atoms with Gasteiger partial charge >= 0.3 is 0 Å².